The lowest BCUT2D eigenvalue weighted by Crippen LogP contribution is -2.33. The molecule has 0 aromatic heterocycles. The average molecular weight is 292 g/mol. The van der Waals surface area contributed by atoms with Gasteiger partial charge in [-0.25, -0.2) is 4.79 Å². The van der Waals surface area contributed by atoms with E-state index in [2.05, 4.69) is 6.92 Å². The lowest BCUT2D eigenvalue weighted by atomic mass is 9.97. The molecule has 0 saturated heterocycles. The van der Waals surface area contributed by atoms with Crippen LogP contribution in [0.2, 0.25) is 0 Å². The molecule has 0 heterocycles. The molecule has 5 nitrogen and oxygen atoms in total. The number of benzene rings is 1. The number of hydrogen-bond donors (Lipinski definition) is 2. The Bertz CT molecular complexity index is 514. The van der Waals surface area contributed by atoms with Gasteiger partial charge in [-0.1, -0.05) is 26.7 Å². The largest absolute Gasteiger partial charge is 0.478 e. The van der Waals surface area contributed by atoms with Crippen molar-refractivity contribution >= 4 is 23.3 Å². The van der Waals surface area contributed by atoms with Crippen molar-refractivity contribution in [3.8, 4) is 0 Å². The number of carboxylic acid groups (broad SMARTS) is 1. The maximum atomic E-state index is 12.5. The van der Waals surface area contributed by atoms with Crippen LogP contribution in [-0.2, 0) is 4.79 Å². The van der Waals surface area contributed by atoms with Crippen LogP contribution in [0.5, 0.6) is 0 Å². The summed E-state index contributed by atoms with van der Waals surface area (Å²) in [6.07, 6.45) is 3.61. The molecule has 0 saturated carbocycles. The van der Waals surface area contributed by atoms with E-state index in [1.54, 1.807) is 19.2 Å². The van der Waals surface area contributed by atoms with Crippen LogP contribution in [0.15, 0.2) is 18.2 Å². The molecule has 3 N–H and O–H groups in total. The Hall–Kier alpha value is -2.04. The van der Waals surface area contributed by atoms with E-state index in [1.807, 2.05) is 6.92 Å². The third kappa shape index (κ3) is 4.21. The molecule has 0 radical (unpaired) electrons. The minimum absolute atomic E-state index is 0.0433. The Kier molecular flexibility index (Phi) is 6.21. The third-order valence-corrected chi connectivity index (χ3v) is 3.69. The molecule has 1 amide bonds. The highest BCUT2D eigenvalue weighted by Gasteiger charge is 2.24. The van der Waals surface area contributed by atoms with E-state index < -0.39 is 5.97 Å². The van der Waals surface area contributed by atoms with Crippen LogP contribution < -0.4 is 10.6 Å². The van der Waals surface area contributed by atoms with Crippen molar-refractivity contribution in [1.29, 1.82) is 0 Å². The highest BCUT2D eigenvalue weighted by Crippen LogP contribution is 2.25. The molecular formula is C16H24N2O3. The number of carboxylic acids is 1. The molecule has 1 aromatic carbocycles. The minimum atomic E-state index is -1.08. The molecule has 1 aromatic rings. The molecule has 0 bridgehead atoms. The number of nitrogens with two attached hydrogens (primary N) is 1. The van der Waals surface area contributed by atoms with Gasteiger partial charge in [0.2, 0.25) is 5.91 Å². The van der Waals surface area contributed by atoms with Gasteiger partial charge in [-0.05, 0) is 31.0 Å². The summed E-state index contributed by atoms with van der Waals surface area (Å²) < 4.78 is 0. The first kappa shape index (κ1) is 17.0. The van der Waals surface area contributed by atoms with Crippen LogP contribution in [0.25, 0.3) is 0 Å². The summed E-state index contributed by atoms with van der Waals surface area (Å²) >= 11 is 0. The second kappa shape index (κ2) is 7.67. The number of nitrogens with zero attached hydrogens (tertiary/aromatic N) is 1. The fraction of sp³-hybridized carbons (Fsp3) is 0.500. The molecule has 0 aliphatic heterocycles. The second-order valence-electron chi connectivity index (χ2n) is 5.23. The minimum Gasteiger partial charge on any atom is -0.478 e. The van der Waals surface area contributed by atoms with Gasteiger partial charge in [0.15, 0.2) is 0 Å². The van der Waals surface area contributed by atoms with Gasteiger partial charge in [-0.3, -0.25) is 4.79 Å². The molecule has 0 fully saturated rings. The zero-order valence-electron chi connectivity index (χ0n) is 12.9. The topological polar surface area (TPSA) is 83.6 Å². The summed E-state index contributed by atoms with van der Waals surface area (Å²) in [7, 11) is 1.62. The maximum absolute atomic E-state index is 12.5. The van der Waals surface area contributed by atoms with E-state index in [1.165, 1.54) is 11.0 Å². The van der Waals surface area contributed by atoms with E-state index >= 15 is 0 Å². The van der Waals surface area contributed by atoms with E-state index in [0.29, 0.717) is 11.4 Å². The molecule has 1 unspecified atom stereocenters. The lowest BCUT2D eigenvalue weighted by molar-refractivity contribution is -0.122. The molecule has 1 atom stereocenters. The number of carbonyl (C=O) groups excluding carboxylic acids is 1. The van der Waals surface area contributed by atoms with Crippen molar-refractivity contribution in [1.82, 2.24) is 0 Å². The van der Waals surface area contributed by atoms with E-state index in [-0.39, 0.29) is 17.4 Å². The van der Waals surface area contributed by atoms with Crippen LogP contribution in [0.4, 0.5) is 11.4 Å². The quantitative estimate of drug-likeness (QED) is 0.756. The number of carbonyl (C=O) groups is 2. The highest BCUT2D eigenvalue weighted by atomic mass is 16.4. The number of amides is 1. The normalized spacial score (nSPS) is 12.0. The monoisotopic (exact) mass is 292 g/mol. The van der Waals surface area contributed by atoms with Crippen LogP contribution in [0, 0.1) is 5.92 Å². The smallest absolute Gasteiger partial charge is 0.337 e. The molecule has 0 spiro atoms. The summed E-state index contributed by atoms with van der Waals surface area (Å²) in [6.45, 7) is 4.07. The molecule has 116 valence electrons. The first-order valence-corrected chi connectivity index (χ1v) is 7.32. The number of unbranched alkanes of at least 4 members (excludes halogenated alkanes) is 1. The number of hydrogen-bond acceptors (Lipinski definition) is 3. The Morgan fingerprint density at radius 3 is 2.52 bits per heavy atom. The van der Waals surface area contributed by atoms with Gasteiger partial charge < -0.3 is 15.7 Å². The fourth-order valence-corrected chi connectivity index (χ4v) is 2.36. The Morgan fingerprint density at radius 1 is 1.33 bits per heavy atom. The van der Waals surface area contributed by atoms with Gasteiger partial charge in [0.05, 0.1) is 11.3 Å². The molecule has 0 aliphatic rings. The van der Waals surface area contributed by atoms with Crippen molar-refractivity contribution in [3.05, 3.63) is 23.8 Å². The van der Waals surface area contributed by atoms with Crippen molar-refractivity contribution in [3.63, 3.8) is 0 Å². The summed E-state index contributed by atoms with van der Waals surface area (Å²) in [5.74, 6) is -1.20. The van der Waals surface area contributed by atoms with E-state index in [0.717, 1.165) is 25.7 Å². The van der Waals surface area contributed by atoms with Crippen molar-refractivity contribution in [2.45, 2.75) is 39.5 Å². The summed E-state index contributed by atoms with van der Waals surface area (Å²) in [5, 5.41) is 9.26. The standard InChI is InChI=1S/C16H24N2O3/c1-4-6-7-11(5-2)15(19)18(3)14-9-8-12(17)10-13(14)16(20)21/h8-11H,4-7,17H2,1-3H3,(H,20,21). The predicted octanol–water partition coefficient (Wildman–Crippen LogP) is 3.15. The zero-order valence-corrected chi connectivity index (χ0v) is 12.9. The Morgan fingerprint density at radius 2 is 2.00 bits per heavy atom. The van der Waals surface area contributed by atoms with Crippen LogP contribution in [0.3, 0.4) is 0 Å². The summed E-state index contributed by atoms with van der Waals surface area (Å²) in [6, 6.07) is 4.58. The van der Waals surface area contributed by atoms with Crippen molar-refractivity contribution in [2.24, 2.45) is 5.92 Å². The molecule has 21 heavy (non-hydrogen) atoms. The van der Waals surface area contributed by atoms with Crippen molar-refractivity contribution in [2.75, 3.05) is 17.7 Å². The second-order valence-corrected chi connectivity index (χ2v) is 5.23. The number of anilines is 2. The molecule has 0 aliphatic carbocycles. The Balaban J connectivity index is 3.04. The average Bonchev–Trinajstić information content (AvgIpc) is 2.46. The first-order chi connectivity index (χ1) is 9.92. The van der Waals surface area contributed by atoms with Crippen LogP contribution >= 0.6 is 0 Å². The fourth-order valence-electron chi connectivity index (χ4n) is 2.36. The predicted molar refractivity (Wildman–Crippen MR) is 84.5 cm³/mol. The van der Waals surface area contributed by atoms with E-state index in [9.17, 15) is 14.7 Å². The van der Waals surface area contributed by atoms with Gasteiger partial charge in [-0.2, -0.15) is 0 Å². The summed E-state index contributed by atoms with van der Waals surface area (Å²) in [5.41, 5.74) is 6.43. The SMILES string of the molecule is CCCCC(CC)C(=O)N(C)c1ccc(N)cc1C(=O)O. The zero-order chi connectivity index (χ0) is 16.0. The first-order valence-electron chi connectivity index (χ1n) is 7.32. The molecule has 5 heteroatoms. The highest BCUT2D eigenvalue weighted by molar-refractivity contribution is 6.03. The number of nitrogen functional groups attached to an aromatic ring is 1. The van der Waals surface area contributed by atoms with Gasteiger partial charge in [0.25, 0.3) is 0 Å². The molecular weight excluding hydrogens is 268 g/mol. The Labute approximate surface area is 125 Å². The van der Waals surface area contributed by atoms with Crippen LogP contribution in [0.1, 0.15) is 49.9 Å². The lowest BCUT2D eigenvalue weighted by Gasteiger charge is -2.24. The van der Waals surface area contributed by atoms with E-state index in [4.69, 9.17) is 5.73 Å². The third-order valence-electron chi connectivity index (χ3n) is 3.69. The number of aromatic carboxylic acids is 1. The van der Waals surface area contributed by atoms with Gasteiger partial charge in [0, 0.05) is 18.7 Å². The molecule has 1 rings (SSSR count). The van der Waals surface area contributed by atoms with Crippen molar-refractivity contribution < 1.29 is 14.7 Å². The van der Waals surface area contributed by atoms with Gasteiger partial charge in [-0.15, -0.1) is 0 Å². The van der Waals surface area contributed by atoms with Crippen LogP contribution in [-0.4, -0.2) is 24.0 Å². The van der Waals surface area contributed by atoms with Gasteiger partial charge >= 0.3 is 5.97 Å². The number of rotatable bonds is 7. The maximum Gasteiger partial charge on any atom is 0.337 e. The summed E-state index contributed by atoms with van der Waals surface area (Å²) in [4.78, 5) is 25.3. The van der Waals surface area contributed by atoms with Gasteiger partial charge in [0.1, 0.15) is 0 Å².